The number of carboxylic acid groups (broad SMARTS) is 1. The molecule has 216 valence electrons. The zero-order chi connectivity index (χ0) is 29.8. The standard InChI is InChI=1S/C31H27F5O4S/c1-30(2,29(37)38)40-24-15-11-21(27(32)28(24)33)10-14-23(39-18-19-6-4-3-5-7-19)26-17-16-25(41-26)20-8-12-22(13-9-20)31(34,35)36/h3-9,11-13,15-17,23H,10,14,18H2,1-2H3,(H,37,38). The van der Waals surface area contributed by atoms with Crippen molar-refractivity contribution in [3.8, 4) is 16.2 Å². The summed E-state index contributed by atoms with van der Waals surface area (Å²) in [7, 11) is 0. The molecule has 0 fully saturated rings. The van der Waals surface area contributed by atoms with Gasteiger partial charge in [-0.3, -0.25) is 0 Å². The molecule has 10 heteroatoms. The molecule has 0 bridgehead atoms. The van der Waals surface area contributed by atoms with E-state index >= 15 is 0 Å². The van der Waals surface area contributed by atoms with Crippen LogP contribution in [0.4, 0.5) is 22.0 Å². The number of carboxylic acids is 1. The first-order valence-electron chi connectivity index (χ1n) is 12.7. The Bertz CT molecular complexity index is 1480. The van der Waals surface area contributed by atoms with E-state index in [0.29, 0.717) is 5.56 Å². The van der Waals surface area contributed by atoms with Crippen molar-refractivity contribution in [2.75, 3.05) is 0 Å². The highest BCUT2D eigenvalue weighted by molar-refractivity contribution is 7.15. The molecule has 1 aromatic heterocycles. The minimum atomic E-state index is -4.43. The van der Waals surface area contributed by atoms with E-state index in [4.69, 9.17) is 9.47 Å². The van der Waals surface area contributed by atoms with Crippen molar-refractivity contribution in [1.82, 2.24) is 0 Å². The van der Waals surface area contributed by atoms with E-state index in [1.807, 2.05) is 36.4 Å². The minimum absolute atomic E-state index is 0.0656. The molecule has 1 heterocycles. The summed E-state index contributed by atoms with van der Waals surface area (Å²) in [5.74, 6) is -4.25. The largest absolute Gasteiger partial charge is 0.478 e. The van der Waals surface area contributed by atoms with Crippen LogP contribution in [-0.2, 0) is 28.7 Å². The Hall–Kier alpha value is -3.76. The lowest BCUT2D eigenvalue weighted by atomic mass is 10.0. The molecule has 0 saturated heterocycles. The second kappa shape index (κ2) is 12.4. The number of rotatable bonds is 11. The molecule has 0 amide bonds. The van der Waals surface area contributed by atoms with Gasteiger partial charge in [0.15, 0.2) is 17.2 Å². The molecule has 0 aliphatic rings. The van der Waals surface area contributed by atoms with Crippen LogP contribution < -0.4 is 4.74 Å². The maximum absolute atomic E-state index is 15.0. The van der Waals surface area contributed by atoms with Gasteiger partial charge < -0.3 is 14.6 Å². The third-order valence-corrected chi connectivity index (χ3v) is 7.64. The van der Waals surface area contributed by atoms with E-state index in [0.717, 1.165) is 27.5 Å². The molecule has 41 heavy (non-hydrogen) atoms. The number of halogens is 5. The van der Waals surface area contributed by atoms with Crippen molar-refractivity contribution >= 4 is 17.3 Å². The molecular weight excluding hydrogens is 563 g/mol. The van der Waals surface area contributed by atoms with Gasteiger partial charge in [-0.15, -0.1) is 11.3 Å². The lowest BCUT2D eigenvalue weighted by molar-refractivity contribution is -0.152. The van der Waals surface area contributed by atoms with E-state index in [2.05, 4.69) is 0 Å². The van der Waals surface area contributed by atoms with Crippen LogP contribution in [0.5, 0.6) is 5.75 Å². The lowest BCUT2D eigenvalue weighted by Gasteiger charge is -2.22. The number of ether oxygens (including phenoxy) is 2. The van der Waals surface area contributed by atoms with Gasteiger partial charge in [-0.05, 0) is 73.7 Å². The maximum atomic E-state index is 15.0. The fraction of sp³-hybridized carbons (Fsp3) is 0.258. The van der Waals surface area contributed by atoms with Crippen molar-refractivity contribution in [2.45, 2.75) is 51.2 Å². The van der Waals surface area contributed by atoms with Gasteiger partial charge in [-0.1, -0.05) is 48.5 Å². The van der Waals surface area contributed by atoms with E-state index in [-0.39, 0.29) is 25.0 Å². The van der Waals surface area contributed by atoms with Crippen molar-refractivity contribution in [3.05, 3.63) is 112 Å². The summed E-state index contributed by atoms with van der Waals surface area (Å²) >= 11 is 1.35. The molecule has 3 aromatic carbocycles. The average molecular weight is 591 g/mol. The zero-order valence-corrected chi connectivity index (χ0v) is 23.0. The van der Waals surface area contributed by atoms with Crippen LogP contribution in [0.25, 0.3) is 10.4 Å². The Kier molecular flexibility index (Phi) is 9.14. The third-order valence-electron chi connectivity index (χ3n) is 6.42. The summed E-state index contributed by atoms with van der Waals surface area (Å²) in [4.78, 5) is 12.8. The number of hydrogen-bond acceptors (Lipinski definition) is 4. The molecule has 0 spiro atoms. The molecule has 4 aromatic rings. The smallest absolute Gasteiger partial charge is 0.416 e. The second-order valence-electron chi connectivity index (χ2n) is 9.87. The molecule has 1 atom stereocenters. The number of alkyl halides is 3. The molecule has 4 nitrogen and oxygen atoms in total. The van der Waals surface area contributed by atoms with Gasteiger partial charge in [-0.25, -0.2) is 9.18 Å². The molecule has 0 radical (unpaired) electrons. The predicted octanol–water partition coefficient (Wildman–Crippen LogP) is 8.84. The number of aryl methyl sites for hydroxylation is 1. The fourth-order valence-corrected chi connectivity index (χ4v) is 5.13. The van der Waals surface area contributed by atoms with Crippen LogP contribution in [0.1, 0.15) is 47.9 Å². The Labute approximate surface area is 238 Å². The quantitative estimate of drug-likeness (QED) is 0.177. The van der Waals surface area contributed by atoms with Gasteiger partial charge in [0, 0.05) is 9.75 Å². The minimum Gasteiger partial charge on any atom is -0.478 e. The number of benzene rings is 3. The summed E-state index contributed by atoms with van der Waals surface area (Å²) in [6.07, 6.45) is -4.58. The van der Waals surface area contributed by atoms with Gasteiger partial charge in [0.1, 0.15) is 0 Å². The highest BCUT2D eigenvalue weighted by Gasteiger charge is 2.32. The fourth-order valence-electron chi connectivity index (χ4n) is 4.03. The van der Waals surface area contributed by atoms with Crippen LogP contribution in [0, 0.1) is 11.6 Å². The molecule has 0 saturated carbocycles. The zero-order valence-electron chi connectivity index (χ0n) is 22.2. The number of hydrogen-bond donors (Lipinski definition) is 1. The second-order valence-corrected chi connectivity index (χ2v) is 11.0. The molecule has 1 N–H and O–H groups in total. The average Bonchev–Trinajstić information content (AvgIpc) is 3.42. The summed E-state index contributed by atoms with van der Waals surface area (Å²) in [5.41, 5.74) is -0.897. The summed E-state index contributed by atoms with van der Waals surface area (Å²) < 4.78 is 80.0. The third kappa shape index (κ3) is 7.51. The first kappa shape index (κ1) is 30.2. The van der Waals surface area contributed by atoms with Crippen LogP contribution in [0.3, 0.4) is 0 Å². The molecule has 0 aliphatic heterocycles. The van der Waals surface area contributed by atoms with Gasteiger partial charge in [0.05, 0.1) is 18.3 Å². The number of aliphatic carboxylic acids is 1. The summed E-state index contributed by atoms with van der Waals surface area (Å²) in [6.45, 7) is 2.72. The Balaban J connectivity index is 1.54. The highest BCUT2D eigenvalue weighted by atomic mass is 32.1. The van der Waals surface area contributed by atoms with E-state index in [1.54, 1.807) is 6.07 Å². The van der Waals surface area contributed by atoms with E-state index in [1.165, 1.54) is 49.4 Å². The topological polar surface area (TPSA) is 55.8 Å². The molecule has 0 aliphatic carbocycles. The highest BCUT2D eigenvalue weighted by Crippen LogP contribution is 2.37. The Morgan fingerprint density at radius 2 is 1.59 bits per heavy atom. The first-order valence-corrected chi connectivity index (χ1v) is 13.5. The lowest BCUT2D eigenvalue weighted by Crippen LogP contribution is -2.38. The van der Waals surface area contributed by atoms with Crippen molar-refractivity contribution < 1.29 is 41.3 Å². The first-order chi connectivity index (χ1) is 19.3. The number of carbonyl (C=O) groups is 1. The van der Waals surface area contributed by atoms with Gasteiger partial charge in [-0.2, -0.15) is 17.6 Å². The van der Waals surface area contributed by atoms with Crippen LogP contribution >= 0.6 is 11.3 Å². The van der Waals surface area contributed by atoms with Crippen molar-refractivity contribution in [3.63, 3.8) is 0 Å². The molecule has 1 unspecified atom stereocenters. The van der Waals surface area contributed by atoms with Crippen LogP contribution in [0.2, 0.25) is 0 Å². The molecular formula is C31H27F5O4S. The van der Waals surface area contributed by atoms with Crippen molar-refractivity contribution in [1.29, 1.82) is 0 Å². The Morgan fingerprint density at radius 3 is 2.22 bits per heavy atom. The van der Waals surface area contributed by atoms with E-state index < -0.39 is 46.8 Å². The summed E-state index contributed by atoms with van der Waals surface area (Å²) in [6, 6.07) is 20.4. The molecule has 4 rings (SSSR count). The summed E-state index contributed by atoms with van der Waals surface area (Å²) in [5, 5.41) is 9.22. The van der Waals surface area contributed by atoms with Gasteiger partial charge in [0.25, 0.3) is 0 Å². The van der Waals surface area contributed by atoms with Crippen LogP contribution in [-0.4, -0.2) is 16.7 Å². The SMILES string of the molecule is CC(C)(Oc1ccc(CCC(OCc2ccccc2)c2ccc(-c3ccc(C(F)(F)F)cc3)s2)c(F)c1F)C(=O)O. The number of thiophene rings is 1. The normalized spacial score (nSPS) is 12.8. The van der Waals surface area contributed by atoms with Gasteiger partial charge >= 0.3 is 12.1 Å². The van der Waals surface area contributed by atoms with Gasteiger partial charge in [0.2, 0.25) is 5.82 Å². The van der Waals surface area contributed by atoms with E-state index in [9.17, 15) is 31.9 Å². The predicted molar refractivity (Wildman–Crippen MR) is 146 cm³/mol. The maximum Gasteiger partial charge on any atom is 0.416 e. The monoisotopic (exact) mass is 590 g/mol. The Morgan fingerprint density at radius 1 is 0.902 bits per heavy atom. The van der Waals surface area contributed by atoms with Crippen molar-refractivity contribution in [2.24, 2.45) is 0 Å². The van der Waals surface area contributed by atoms with Crippen LogP contribution in [0.15, 0.2) is 78.9 Å².